The number of hydrogen-bond acceptors (Lipinski definition) is 7. The Morgan fingerprint density at radius 2 is 1.83 bits per heavy atom. The van der Waals surface area contributed by atoms with Gasteiger partial charge in [0.2, 0.25) is 5.91 Å². The summed E-state index contributed by atoms with van der Waals surface area (Å²) < 4.78 is 25.3. The molecule has 186 valence electrons. The van der Waals surface area contributed by atoms with Gasteiger partial charge in [0, 0.05) is 16.7 Å². The van der Waals surface area contributed by atoms with Gasteiger partial charge in [0.25, 0.3) is 5.91 Å². The van der Waals surface area contributed by atoms with Crippen LogP contribution in [-0.2, 0) is 14.3 Å². The molecule has 11 heteroatoms. The second-order valence-corrected chi connectivity index (χ2v) is 8.89. The zero-order valence-electron chi connectivity index (χ0n) is 19.3. The van der Waals surface area contributed by atoms with E-state index in [0.717, 1.165) is 6.07 Å². The first-order valence-corrected chi connectivity index (χ1v) is 11.1. The van der Waals surface area contributed by atoms with E-state index < -0.39 is 47.9 Å². The van der Waals surface area contributed by atoms with E-state index >= 15 is 0 Å². The first kappa shape index (κ1) is 26.1. The number of ketones is 1. The number of benzene rings is 2. The molecule has 0 saturated carbocycles. The Hall–Kier alpha value is -3.50. The fourth-order valence-electron chi connectivity index (χ4n) is 3.66. The maximum atomic E-state index is 13.6. The number of Topliss-reactive ketones (excluding diaryl/α,β-unsaturated/α-hetero) is 1. The predicted octanol–water partition coefficient (Wildman–Crippen LogP) is 2.31. The average molecular weight is 506 g/mol. The van der Waals surface area contributed by atoms with E-state index in [-0.39, 0.29) is 22.9 Å². The molecule has 1 aliphatic heterocycles. The van der Waals surface area contributed by atoms with Crippen molar-refractivity contribution in [3.8, 4) is 5.75 Å². The van der Waals surface area contributed by atoms with Crippen LogP contribution in [0.1, 0.15) is 53.1 Å². The van der Waals surface area contributed by atoms with Gasteiger partial charge in [-0.1, -0.05) is 11.6 Å². The maximum Gasteiger partial charge on any atom is 0.325 e. The minimum atomic E-state index is -1.13. The van der Waals surface area contributed by atoms with Crippen LogP contribution < -0.4 is 21.1 Å². The molecule has 1 aliphatic rings. The lowest BCUT2D eigenvalue weighted by atomic mass is 9.85. The second kappa shape index (κ2) is 10.4. The molecule has 0 aromatic heterocycles. The summed E-state index contributed by atoms with van der Waals surface area (Å²) in [5.41, 5.74) is 4.95. The van der Waals surface area contributed by atoms with E-state index in [9.17, 15) is 23.6 Å². The molecule has 2 amide bonds. The lowest BCUT2D eigenvalue weighted by Gasteiger charge is -2.44. The molecule has 9 nitrogen and oxygen atoms in total. The van der Waals surface area contributed by atoms with Gasteiger partial charge < -0.3 is 25.8 Å². The maximum absolute atomic E-state index is 13.6. The zero-order chi connectivity index (χ0) is 25.9. The third-order valence-corrected chi connectivity index (χ3v) is 5.74. The van der Waals surface area contributed by atoms with Crippen LogP contribution in [0.4, 0.5) is 4.39 Å². The Kier molecular flexibility index (Phi) is 7.76. The van der Waals surface area contributed by atoms with Gasteiger partial charge in [-0.2, -0.15) is 0 Å². The molecule has 0 spiro atoms. The molecule has 0 fully saturated rings. The number of halogens is 2. The van der Waals surface area contributed by atoms with E-state index in [1.807, 2.05) is 0 Å². The Balaban J connectivity index is 2.00. The SMILES string of the molecule is CC(=O)c1ccc2c(c1)[C@@H](NC(=O)c1ccc(F)c(Cl)c1)[C@H](OC(=O)CNC(=O)CN)C(C)(C)O2. The van der Waals surface area contributed by atoms with Crippen molar-refractivity contribution in [1.29, 1.82) is 0 Å². The van der Waals surface area contributed by atoms with E-state index in [2.05, 4.69) is 10.6 Å². The van der Waals surface area contributed by atoms with Crippen LogP contribution in [0.25, 0.3) is 0 Å². The normalized spacial score (nSPS) is 18.0. The first-order chi connectivity index (χ1) is 16.4. The number of carbonyl (C=O) groups excluding carboxylic acids is 4. The van der Waals surface area contributed by atoms with Gasteiger partial charge in [-0.15, -0.1) is 0 Å². The Bertz CT molecular complexity index is 1190. The van der Waals surface area contributed by atoms with Crippen LogP contribution in [0.2, 0.25) is 5.02 Å². The molecular weight excluding hydrogens is 481 g/mol. The second-order valence-electron chi connectivity index (χ2n) is 8.49. The predicted molar refractivity (Wildman–Crippen MR) is 125 cm³/mol. The fourth-order valence-corrected chi connectivity index (χ4v) is 3.84. The smallest absolute Gasteiger partial charge is 0.325 e. The number of nitrogens with one attached hydrogen (secondary N) is 2. The van der Waals surface area contributed by atoms with Gasteiger partial charge in [-0.3, -0.25) is 19.2 Å². The van der Waals surface area contributed by atoms with Crippen molar-refractivity contribution in [2.45, 2.75) is 38.5 Å². The standard InChI is InChI=1S/C24H25ClFN3O6/c1-12(30)13-5-7-18-15(8-13)21(29-23(33)14-4-6-17(26)16(25)9-14)22(24(2,3)35-18)34-20(32)11-28-19(31)10-27/h4-9,21-22H,10-11,27H2,1-3H3,(H,28,31)(H,29,33)/t21-,22+/m1/s1. The third-order valence-electron chi connectivity index (χ3n) is 5.45. The Labute approximate surface area is 206 Å². The lowest BCUT2D eigenvalue weighted by molar-refractivity contribution is -0.164. The van der Waals surface area contributed by atoms with E-state index in [0.29, 0.717) is 16.9 Å². The summed E-state index contributed by atoms with van der Waals surface area (Å²) in [6, 6.07) is 7.27. The van der Waals surface area contributed by atoms with Crippen LogP contribution in [0, 0.1) is 5.82 Å². The summed E-state index contributed by atoms with van der Waals surface area (Å²) >= 11 is 5.83. The number of nitrogens with two attached hydrogens (primary N) is 1. The van der Waals surface area contributed by atoms with E-state index in [1.54, 1.807) is 32.0 Å². The zero-order valence-corrected chi connectivity index (χ0v) is 20.1. The van der Waals surface area contributed by atoms with Crippen LogP contribution >= 0.6 is 11.6 Å². The first-order valence-electron chi connectivity index (χ1n) is 10.7. The highest BCUT2D eigenvalue weighted by Crippen LogP contribution is 2.42. The minimum absolute atomic E-state index is 0.0743. The van der Waals surface area contributed by atoms with Gasteiger partial charge in [-0.25, -0.2) is 4.39 Å². The largest absolute Gasteiger partial charge is 0.484 e. The van der Waals surface area contributed by atoms with Crippen molar-refractivity contribution in [2.75, 3.05) is 13.1 Å². The monoisotopic (exact) mass is 505 g/mol. The van der Waals surface area contributed by atoms with Crippen molar-refractivity contribution >= 4 is 35.2 Å². The Morgan fingerprint density at radius 1 is 1.14 bits per heavy atom. The molecular formula is C24H25ClFN3O6. The highest BCUT2D eigenvalue weighted by Gasteiger charge is 2.47. The lowest BCUT2D eigenvalue weighted by Crippen LogP contribution is -2.56. The molecule has 2 aromatic carbocycles. The minimum Gasteiger partial charge on any atom is -0.484 e. The van der Waals surface area contributed by atoms with Crippen molar-refractivity contribution in [1.82, 2.24) is 10.6 Å². The van der Waals surface area contributed by atoms with E-state index in [1.165, 1.54) is 19.1 Å². The number of hydrogen-bond donors (Lipinski definition) is 3. The summed E-state index contributed by atoms with van der Waals surface area (Å²) in [6.45, 7) is 3.97. The van der Waals surface area contributed by atoms with Crippen molar-refractivity contribution in [2.24, 2.45) is 5.73 Å². The molecule has 2 atom stereocenters. The van der Waals surface area contributed by atoms with E-state index in [4.69, 9.17) is 26.8 Å². The molecule has 2 aromatic rings. The molecule has 1 heterocycles. The number of carbonyl (C=O) groups is 4. The number of amides is 2. The quantitative estimate of drug-likeness (QED) is 0.388. The average Bonchev–Trinajstić information content (AvgIpc) is 2.80. The van der Waals surface area contributed by atoms with Crippen LogP contribution in [0.5, 0.6) is 5.75 Å². The molecule has 3 rings (SSSR count). The molecule has 0 saturated heterocycles. The number of ether oxygens (including phenoxy) is 2. The van der Waals surface area contributed by atoms with Gasteiger partial charge in [0.05, 0.1) is 17.6 Å². The highest BCUT2D eigenvalue weighted by molar-refractivity contribution is 6.31. The van der Waals surface area contributed by atoms with Crippen molar-refractivity contribution in [3.63, 3.8) is 0 Å². The number of rotatable bonds is 7. The third kappa shape index (κ3) is 5.95. The summed E-state index contributed by atoms with van der Waals surface area (Å²) in [7, 11) is 0. The van der Waals surface area contributed by atoms with Crippen LogP contribution in [0.3, 0.4) is 0 Å². The Morgan fingerprint density at radius 3 is 2.46 bits per heavy atom. The fraction of sp³-hybridized carbons (Fsp3) is 0.333. The molecule has 0 bridgehead atoms. The molecule has 0 radical (unpaired) electrons. The highest BCUT2D eigenvalue weighted by atomic mass is 35.5. The van der Waals surface area contributed by atoms with Gasteiger partial charge >= 0.3 is 5.97 Å². The van der Waals surface area contributed by atoms with Crippen LogP contribution in [-0.4, -0.2) is 48.4 Å². The topological polar surface area (TPSA) is 137 Å². The van der Waals surface area contributed by atoms with Crippen LogP contribution in [0.15, 0.2) is 36.4 Å². The molecule has 35 heavy (non-hydrogen) atoms. The van der Waals surface area contributed by atoms with Gasteiger partial charge in [0.15, 0.2) is 11.9 Å². The molecule has 4 N–H and O–H groups in total. The summed E-state index contributed by atoms with van der Waals surface area (Å²) in [5, 5.41) is 4.89. The number of esters is 1. The molecule has 0 aliphatic carbocycles. The summed E-state index contributed by atoms with van der Waals surface area (Å²) in [5.74, 6) is -2.47. The van der Waals surface area contributed by atoms with Crippen molar-refractivity contribution in [3.05, 3.63) is 63.9 Å². The molecule has 0 unspecified atom stereocenters. The van der Waals surface area contributed by atoms with Gasteiger partial charge in [-0.05, 0) is 57.2 Å². The summed E-state index contributed by atoms with van der Waals surface area (Å²) in [4.78, 5) is 49.0. The number of fused-ring (bicyclic) bond motifs is 1. The summed E-state index contributed by atoms with van der Waals surface area (Å²) in [6.07, 6.45) is -1.07. The van der Waals surface area contributed by atoms with Crippen molar-refractivity contribution < 1.29 is 33.0 Å². The van der Waals surface area contributed by atoms with Gasteiger partial charge in [0.1, 0.15) is 23.7 Å².